The number of benzene rings is 1. The van der Waals surface area contributed by atoms with Crippen molar-refractivity contribution in [3.8, 4) is 5.75 Å². The maximum absolute atomic E-state index is 12.8. The zero-order chi connectivity index (χ0) is 26.4. The molecule has 3 rings (SSSR count). The van der Waals surface area contributed by atoms with Gasteiger partial charge >= 0.3 is 5.97 Å². The van der Waals surface area contributed by atoms with Crippen molar-refractivity contribution in [1.82, 2.24) is 14.8 Å². The highest BCUT2D eigenvalue weighted by Gasteiger charge is 2.27. The van der Waals surface area contributed by atoms with E-state index in [0.717, 1.165) is 17.1 Å². The number of thiophene rings is 1. The average Bonchev–Trinajstić information content (AvgIpc) is 3.38. The van der Waals surface area contributed by atoms with Gasteiger partial charge in [0, 0.05) is 6.54 Å². The van der Waals surface area contributed by atoms with E-state index in [2.05, 4.69) is 15.5 Å². The van der Waals surface area contributed by atoms with Crippen LogP contribution in [-0.2, 0) is 16.1 Å². The van der Waals surface area contributed by atoms with E-state index in [9.17, 15) is 14.4 Å². The molecule has 1 aromatic carbocycles. The molecule has 3 N–H and O–H groups in total. The van der Waals surface area contributed by atoms with E-state index in [1.807, 2.05) is 48.7 Å². The number of hydrogen-bond donors (Lipinski definition) is 2. The number of hydrogen-bond acceptors (Lipinski definition) is 9. The maximum atomic E-state index is 12.8. The first-order valence-electron chi connectivity index (χ1n) is 11.3. The maximum Gasteiger partial charge on any atom is 0.341 e. The third-order valence-electron chi connectivity index (χ3n) is 4.98. The molecule has 0 radical (unpaired) electrons. The van der Waals surface area contributed by atoms with Crippen molar-refractivity contribution >= 4 is 45.9 Å². The third-order valence-corrected chi connectivity index (χ3v) is 7.17. The van der Waals surface area contributed by atoms with Crippen molar-refractivity contribution in [2.75, 3.05) is 11.1 Å². The molecule has 12 heteroatoms. The van der Waals surface area contributed by atoms with Gasteiger partial charge in [-0.25, -0.2) is 4.79 Å². The molecule has 0 aliphatic rings. The van der Waals surface area contributed by atoms with E-state index in [0.29, 0.717) is 23.1 Å². The summed E-state index contributed by atoms with van der Waals surface area (Å²) < 4.78 is 13.1. The number of ether oxygens (including phenoxy) is 2. The number of aromatic nitrogens is 3. The Morgan fingerprint density at radius 2 is 1.86 bits per heavy atom. The summed E-state index contributed by atoms with van der Waals surface area (Å²) in [4.78, 5) is 37.4. The lowest BCUT2D eigenvalue weighted by molar-refractivity contribution is -0.113. The fourth-order valence-corrected chi connectivity index (χ4v) is 5.28. The lowest BCUT2D eigenvalue weighted by Gasteiger charge is -2.15. The lowest BCUT2D eigenvalue weighted by Crippen LogP contribution is -2.18. The summed E-state index contributed by atoms with van der Waals surface area (Å²) >= 11 is 2.15. The van der Waals surface area contributed by atoms with Crippen molar-refractivity contribution in [3.63, 3.8) is 0 Å². The van der Waals surface area contributed by atoms with Gasteiger partial charge < -0.3 is 25.1 Å². The van der Waals surface area contributed by atoms with E-state index in [1.54, 1.807) is 20.8 Å². The number of rotatable bonds is 11. The number of para-hydroxylation sites is 1. The highest BCUT2D eigenvalue weighted by atomic mass is 32.2. The predicted octanol–water partition coefficient (Wildman–Crippen LogP) is 4.20. The van der Waals surface area contributed by atoms with E-state index in [-0.39, 0.29) is 39.3 Å². The fourth-order valence-electron chi connectivity index (χ4n) is 3.41. The second-order valence-corrected chi connectivity index (χ2v) is 10.0. The Kier molecular flexibility index (Phi) is 9.10. The summed E-state index contributed by atoms with van der Waals surface area (Å²) in [5.41, 5.74) is 5.96. The van der Waals surface area contributed by atoms with Crippen molar-refractivity contribution in [3.05, 3.63) is 52.2 Å². The van der Waals surface area contributed by atoms with Crippen LogP contribution in [0.3, 0.4) is 0 Å². The third kappa shape index (κ3) is 6.43. The van der Waals surface area contributed by atoms with Gasteiger partial charge in [-0.2, -0.15) is 0 Å². The number of amides is 2. The molecule has 0 bridgehead atoms. The number of carbonyl (C=O) groups excluding carboxylic acids is 3. The second-order valence-electron chi connectivity index (χ2n) is 8.07. The Morgan fingerprint density at radius 3 is 2.47 bits per heavy atom. The van der Waals surface area contributed by atoms with Crippen molar-refractivity contribution in [2.45, 2.75) is 58.5 Å². The number of nitrogens with zero attached hydrogens (tertiary/aromatic N) is 3. The van der Waals surface area contributed by atoms with Gasteiger partial charge in [0.05, 0.1) is 22.3 Å². The minimum Gasteiger partial charge on any atom is -0.483 e. The van der Waals surface area contributed by atoms with Gasteiger partial charge in [0.25, 0.3) is 5.91 Å². The summed E-state index contributed by atoms with van der Waals surface area (Å²) in [6, 6.07) is 9.42. The summed E-state index contributed by atoms with van der Waals surface area (Å²) in [5, 5.41) is 12.0. The molecule has 36 heavy (non-hydrogen) atoms. The minimum atomic E-state index is -0.679. The van der Waals surface area contributed by atoms with Crippen LogP contribution in [0.5, 0.6) is 5.75 Å². The molecular weight excluding hydrogens is 502 g/mol. The van der Waals surface area contributed by atoms with Gasteiger partial charge in [-0.15, -0.1) is 21.5 Å². The normalized spacial score (nSPS) is 11.8. The van der Waals surface area contributed by atoms with Gasteiger partial charge in [0.2, 0.25) is 5.91 Å². The highest BCUT2D eigenvalue weighted by Crippen LogP contribution is 2.34. The van der Waals surface area contributed by atoms with Gasteiger partial charge in [-0.1, -0.05) is 30.0 Å². The smallest absolute Gasteiger partial charge is 0.341 e. The zero-order valence-corrected chi connectivity index (χ0v) is 22.4. The summed E-state index contributed by atoms with van der Waals surface area (Å²) in [5.74, 6) is -0.316. The quantitative estimate of drug-likeness (QED) is 0.277. The zero-order valence-electron chi connectivity index (χ0n) is 20.7. The Hall–Kier alpha value is -3.38. The van der Waals surface area contributed by atoms with Crippen LogP contribution < -0.4 is 15.8 Å². The SMILES string of the molecule is CCn1c(SCC(=O)Nc2sc(C(N)=O)c(C)c2C(=O)OC(C)C)nnc1C(C)Oc1ccccc1. The molecule has 0 saturated heterocycles. The van der Waals surface area contributed by atoms with Gasteiger partial charge in [-0.3, -0.25) is 9.59 Å². The molecule has 2 aromatic heterocycles. The van der Waals surface area contributed by atoms with Crippen LogP contribution in [0.2, 0.25) is 0 Å². The van der Waals surface area contributed by atoms with E-state index in [4.69, 9.17) is 15.2 Å². The molecule has 192 valence electrons. The van der Waals surface area contributed by atoms with Gasteiger partial charge in [-0.05, 0) is 52.3 Å². The van der Waals surface area contributed by atoms with Crippen LogP contribution in [0.15, 0.2) is 35.5 Å². The van der Waals surface area contributed by atoms with E-state index in [1.165, 1.54) is 11.8 Å². The Balaban J connectivity index is 1.72. The molecule has 0 fully saturated rings. The number of esters is 1. The Morgan fingerprint density at radius 1 is 1.17 bits per heavy atom. The number of carbonyl (C=O) groups is 3. The van der Waals surface area contributed by atoms with Crippen LogP contribution in [0.4, 0.5) is 5.00 Å². The van der Waals surface area contributed by atoms with Crippen molar-refractivity contribution in [2.24, 2.45) is 5.73 Å². The molecule has 1 atom stereocenters. The molecular formula is C24H29N5O5S2. The first-order chi connectivity index (χ1) is 17.1. The predicted molar refractivity (Wildman–Crippen MR) is 139 cm³/mol. The van der Waals surface area contributed by atoms with E-state index < -0.39 is 11.9 Å². The first kappa shape index (κ1) is 27.2. The summed E-state index contributed by atoms with van der Waals surface area (Å²) in [7, 11) is 0. The van der Waals surface area contributed by atoms with Gasteiger partial charge in [0.1, 0.15) is 10.8 Å². The average molecular weight is 532 g/mol. The molecule has 0 spiro atoms. The highest BCUT2D eigenvalue weighted by molar-refractivity contribution is 7.99. The number of primary amides is 1. The van der Waals surface area contributed by atoms with Crippen LogP contribution in [0.1, 0.15) is 65.2 Å². The minimum absolute atomic E-state index is 0.00752. The van der Waals surface area contributed by atoms with Crippen LogP contribution in [-0.4, -0.2) is 44.4 Å². The van der Waals surface area contributed by atoms with Gasteiger partial charge in [0.15, 0.2) is 17.1 Å². The second kappa shape index (κ2) is 12.0. The molecule has 0 aliphatic heterocycles. The van der Waals surface area contributed by atoms with Crippen LogP contribution in [0.25, 0.3) is 0 Å². The standard InChI is InChI=1S/C24H29N5O5S2/c1-6-29-21(15(5)34-16-10-8-7-9-11-16)27-28-24(29)35-12-17(30)26-22-18(23(32)33-13(2)3)14(4)19(36-22)20(25)31/h7-11,13,15H,6,12H2,1-5H3,(H2,25,31)(H,26,30). The van der Waals surface area contributed by atoms with E-state index >= 15 is 0 Å². The van der Waals surface area contributed by atoms with Crippen LogP contribution in [0, 0.1) is 6.92 Å². The molecule has 1 unspecified atom stereocenters. The molecule has 0 saturated carbocycles. The molecule has 2 heterocycles. The molecule has 10 nitrogen and oxygen atoms in total. The monoisotopic (exact) mass is 531 g/mol. The Labute approximate surface area is 217 Å². The molecule has 3 aromatic rings. The number of thioether (sulfide) groups is 1. The van der Waals surface area contributed by atoms with Crippen LogP contribution >= 0.6 is 23.1 Å². The first-order valence-corrected chi connectivity index (χ1v) is 13.1. The Bertz CT molecular complexity index is 1240. The van der Waals surface area contributed by atoms with Crippen molar-refractivity contribution in [1.29, 1.82) is 0 Å². The summed E-state index contributed by atoms with van der Waals surface area (Å²) in [6.45, 7) is 9.46. The molecule has 0 aliphatic carbocycles. The van der Waals surface area contributed by atoms with Crippen molar-refractivity contribution < 1.29 is 23.9 Å². The lowest BCUT2D eigenvalue weighted by atomic mass is 10.1. The topological polar surface area (TPSA) is 138 Å². The largest absolute Gasteiger partial charge is 0.483 e. The number of nitrogens with two attached hydrogens (primary N) is 1. The number of anilines is 1. The molecule has 2 amide bonds. The fraction of sp³-hybridized carbons (Fsp3) is 0.375. The number of nitrogens with one attached hydrogen (secondary N) is 1. The summed E-state index contributed by atoms with van der Waals surface area (Å²) in [6.07, 6.45) is -0.713.